The maximum atomic E-state index is 13.1. The lowest BCUT2D eigenvalue weighted by Gasteiger charge is -2.25. The highest BCUT2D eigenvalue weighted by atomic mass is 35.5. The third-order valence-corrected chi connectivity index (χ3v) is 7.15. The zero-order valence-corrected chi connectivity index (χ0v) is 19.4. The van der Waals surface area contributed by atoms with E-state index in [0.717, 1.165) is 4.47 Å². The van der Waals surface area contributed by atoms with E-state index in [1.54, 1.807) is 12.1 Å². The number of benzene rings is 2. The molecule has 11 heteroatoms. The third-order valence-electron chi connectivity index (χ3n) is 5.22. The van der Waals surface area contributed by atoms with E-state index >= 15 is 0 Å². The van der Waals surface area contributed by atoms with Gasteiger partial charge in [-0.1, -0.05) is 16.1 Å². The first-order chi connectivity index (χ1) is 15.2. The average molecular weight is 482 g/mol. The third kappa shape index (κ3) is 4.88. The van der Waals surface area contributed by atoms with Crippen LogP contribution in [0.3, 0.4) is 0 Å². The van der Waals surface area contributed by atoms with Crippen molar-refractivity contribution < 1.29 is 27.6 Å². The number of hydroxylamine groups is 1. The number of carbonyl (C=O) groups is 2. The molecule has 1 saturated heterocycles. The van der Waals surface area contributed by atoms with Gasteiger partial charge in [0.15, 0.2) is 0 Å². The van der Waals surface area contributed by atoms with Crippen LogP contribution in [0.25, 0.3) is 0 Å². The molecule has 0 aliphatic carbocycles. The average Bonchev–Trinajstić information content (AvgIpc) is 3.28. The van der Waals surface area contributed by atoms with Crippen LogP contribution >= 0.6 is 11.6 Å². The summed E-state index contributed by atoms with van der Waals surface area (Å²) in [6, 6.07) is 9.78. The predicted molar refractivity (Wildman–Crippen MR) is 119 cm³/mol. The topological polar surface area (TPSA) is 105 Å². The monoisotopic (exact) mass is 481 g/mol. The lowest BCUT2D eigenvalue weighted by Crippen LogP contribution is -2.43. The number of likely N-dealkylation sites (tertiary alicyclic amines) is 1. The number of anilines is 1. The SMILES string of the molecule is COc1ccc(Cl)cc1C(=O)N1CCCC1C(=O)Nc1ccc(S(=O)(=O)N(C)OC)cc1. The molecule has 2 aromatic carbocycles. The number of carbonyl (C=O) groups excluding carboxylic acids is 2. The summed E-state index contributed by atoms with van der Waals surface area (Å²) in [4.78, 5) is 32.3. The Morgan fingerprint density at radius 1 is 1.16 bits per heavy atom. The first-order valence-corrected chi connectivity index (χ1v) is 11.6. The zero-order chi connectivity index (χ0) is 23.5. The fourth-order valence-corrected chi connectivity index (χ4v) is 4.61. The lowest BCUT2D eigenvalue weighted by molar-refractivity contribution is -0.119. The summed E-state index contributed by atoms with van der Waals surface area (Å²) < 4.78 is 30.6. The van der Waals surface area contributed by atoms with Crippen LogP contribution in [0.5, 0.6) is 5.75 Å². The molecule has 0 bridgehead atoms. The van der Waals surface area contributed by atoms with Crippen LogP contribution in [0.15, 0.2) is 47.4 Å². The van der Waals surface area contributed by atoms with Gasteiger partial charge in [-0.05, 0) is 55.3 Å². The van der Waals surface area contributed by atoms with Crippen molar-refractivity contribution in [1.82, 2.24) is 9.37 Å². The Kier molecular flexibility index (Phi) is 7.40. The number of amides is 2. The van der Waals surface area contributed by atoms with E-state index in [1.807, 2.05) is 0 Å². The summed E-state index contributed by atoms with van der Waals surface area (Å²) in [5.74, 6) is -0.323. The van der Waals surface area contributed by atoms with Crippen molar-refractivity contribution in [1.29, 1.82) is 0 Å². The molecule has 1 aliphatic rings. The molecule has 0 spiro atoms. The van der Waals surface area contributed by atoms with Crippen LogP contribution in [-0.2, 0) is 19.7 Å². The van der Waals surface area contributed by atoms with Crippen LogP contribution in [0.2, 0.25) is 5.02 Å². The van der Waals surface area contributed by atoms with Crippen molar-refractivity contribution in [2.24, 2.45) is 0 Å². The number of hydrogen-bond donors (Lipinski definition) is 1. The van der Waals surface area contributed by atoms with Gasteiger partial charge in [-0.25, -0.2) is 8.42 Å². The standard InChI is InChI=1S/C21H24ClN3O6S/c1-24(31-3)32(28,29)16-9-7-15(8-10-16)23-20(26)18-5-4-12-25(18)21(27)17-13-14(22)6-11-19(17)30-2/h6-11,13,18H,4-5,12H2,1-3H3,(H,23,26). The first kappa shape index (κ1) is 24.0. The second kappa shape index (κ2) is 9.86. The van der Waals surface area contributed by atoms with E-state index in [4.69, 9.17) is 21.2 Å². The number of nitrogens with zero attached hydrogens (tertiary/aromatic N) is 2. The summed E-state index contributed by atoms with van der Waals surface area (Å²) in [6.07, 6.45) is 1.18. The predicted octanol–water partition coefficient (Wildman–Crippen LogP) is 2.77. The highest BCUT2D eigenvalue weighted by Gasteiger charge is 2.35. The molecule has 1 unspecified atom stereocenters. The summed E-state index contributed by atoms with van der Waals surface area (Å²) >= 11 is 6.05. The lowest BCUT2D eigenvalue weighted by atomic mass is 10.1. The quantitative estimate of drug-likeness (QED) is 0.609. The summed E-state index contributed by atoms with van der Waals surface area (Å²) in [6.45, 7) is 0.424. The van der Waals surface area contributed by atoms with Crippen LogP contribution in [0.4, 0.5) is 5.69 Å². The maximum Gasteiger partial charge on any atom is 0.264 e. The second-order valence-corrected chi connectivity index (χ2v) is 9.48. The van der Waals surface area contributed by atoms with E-state index in [0.29, 0.717) is 35.8 Å². The van der Waals surface area contributed by atoms with E-state index < -0.39 is 16.1 Å². The van der Waals surface area contributed by atoms with Gasteiger partial charge in [0, 0.05) is 24.3 Å². The van der Waals surface area contributed by atoms with Crippen molar-refractivity contribution in [3.8, 4) is 5.75 Å². The van der Waals surface area contributed by atoms with Crippen molar-refractivity contribution in [3.05, 3.63) is 53.1 Å². The van der Waals surface area contributed by atoms with E-state index in [9.17, 15) is 18.0 Å². The van der Waals surface area contributed by atoms with Gasteiger partial charge in [0.25, 0.3) is 15.9 Å². The molecular weight excluding hydrogens is 458 g/mol. The summed E-state index contributed by atoms with van der Waals surface area (Å²) in [5.41, 5.74) is 0.699. The highest BCUT2D eigenvalue weighted by Crippen LogP contribution is 2.28. The van der Waals surface area contributed by atoms with Crippen LogP contribution in [0, 0.1) is 0 Å². The van der Waals surface area contributed by atoms with Crippen LogP contribution < -0.4 is 10.1 Å². The number of sulfonamides is 1. The van der Waals surface area contributed by atoms with E-state index in [1.165, 1.54) is 56.5 Å². The Balaban J connectivity index is 1.75. The molecule has 1 heterocycles. The van der Waals surface area contributed by atoms with Crippen molar-refractivity contribution >= 4 is 39.1 Å². The number of halogens is 1. The van der Waals surface area contributed by atoms with Gasteiger partial charge in [-0.15, -0.1) is 0 Å². The van der Waals surface area contributed by atoms with Crippen LogP contribution in [-0.4, -0.2) is 63.5 Å². The normalized spacial score (nSPS) is 16.3. The Morgan fingerprint density at radius 3 is 2.47 bits per heavy atom. The Bertz CT molecular complexity index is 1110. The summed E-state index contributed by atoms with van der Waals surface area (Å²) in [7, 11) is 0.206. The molecule has 3 rings (SSSR count). The van der Waals surface area contributed by atoms with E-state index in [-0.39, 0.29) is 22.3 Å². The number of ether oxygens (including phenoxy) is 1. The van der Waals surface area contributed by atoms with Crippen LogP contribution in [0.1, 0.15) is 23.2 Å². The van der Waals surface area contributed by atoms with Gasteiger partial charge in [-0.3, -0.25) is 14.4 Å². The smallest absolute Gasteiger partial charge is 0.264 e. The molecule has 0 saturated carbocycles. The molecule has 1 N–H and O–H groups in total. The molecular formula is C21H24ClN3O6S. The zero-order valence-electron chi connectivity index (χ0n) is 17.9. The minimum Gasteiger partial charge on any atom is -0.496 e. The Morgan fingerprint density at radius 2 is 1.84 bits per heavy atom. The molecule has 1 aliphatic heterocycles. The van der Waals surface area contributed by atoms with Crippen molar-refractivity contribution in [3.63, 3.8) is 0 Å². The molecule has 0 radical (unpaired) electrons. The minimum atomic E-state index is -3.79. The molecule has 9 nitrogen and oxygen atoms in total. The molecule has 1 atom stereocenters. The molecule has 0 aromatic heterocycles. The van der Waals surface area contributed by atoms with Gasteiger partial charge in [0.2, 0.25) is 5.91 Å². The molecule has 2 amide bonds. The highest BCUT2D eigenvalue weighted by molar-refractivity contribution is 7.89. The molecule has 172 valence electrons. The van der Waals surface area contributed by atoms with Crippen molar-refractivity contribution in [2.45, 2.75) is 23.8 Å². The van der Waals surface area contributed by atoms with Gasteiger partial charge in [-0.2, -0.15) is 0 Å². The van der Waals surface area contributed by atoms with Gasteiger partial charge in [0.05, 0.1) is 24.7 Å². The van der Waals surface area contributed by atoms with Gasteiger partial charge >= 0.3 is 0 Å². The van der Waals surface area contributed by atoms with Gasteiger partial charge < -0.3 is 15.0 Å². The number of nitrogens with one attached hydrogen (secondary N) is 1. The number of methoxy groups -OCH3 is 1. The molecule has 2 aromatic rings. The van der Waals surface area contributed by atoms with Crippen molar-refractivity contribution in [2.75, 3.05) is 33.1 Å². The molecule has 1 fully saturated rings. The fraction of sp³-hybridized carbons (Fsp3) is 0.333. The fourth-order valence-electron chi connectivity index (χ4n) is 3.47. The molecule has 32 heavy (non-hydrogen) atoms. The van der Waals surface area contributed by atoms with E-state index in [2.05, 4.69) is 5.32 Å². The first-order valence-electron chi connectivity index (χ1n) is 9.77. The van der Waals surface area contributed by atoms with Gasteiger partial charge in [0.1, 0.15) is 11.8 Å². The largest absolute Gasteiger partial charge is 0.496 e. The Hall–Kier alpha value is -2.66. The maximum absolute atomic E-state index is 13.1. The number of hydrogen-bond acceptors (Lipinski definition) is 6. The Labute approximate surface area is 191 Å². The minimum absolute atomic E-state index is 0.0190. The number of rotatable bonds is 7. The second-order valence-electron chi connectivity index (χ2n) is 7.11. The summed E-state index contributed by atoms with van der Waals surface area (Å²) in [5, 5.41) is 3.14.